The van der Waals surface area contributed by atoms with Gasteiger partial charge in [-0.25, -0.2) is 9.59 Å². The lowest BCUT2D eigenvalue weighted by Gasteiger charge is -2.17. The Bertz CT molecular complexity index is 303. The average Bonchev–Trinajstić information content (AvgIpc) is 2.33. The summed E-state index contributed by atoms with van der Waals surface area (Å²) in [7, 11) is 0. The van der Waals surface area contributed by atoms with E-state index >= 15 is 0 Å². The predicted octanol–water partition coefficient (Wildman–Crippen LogP) is 3.23. The molecule has 0 bridgehead atoms. The third-order valence-corrected chi connectivity index (χ3v) is 3.15. The Morgan fingerprint density at radius 2 is 1.11 bits per heavy atom. The van der Waals surface area contributed by atoms with E-state index in [1.54, 1.807) is 27.7 Å². The van der Waals surface area contributed by atoms with Crippen LogP contribution < -0.4 is 0 Å². The third-order valence-electron chi connectivity index (χ3n) is 3.15. The summed E-state index contributed by atoms with van der Waals surface area (Å²) in [6.45, 7) is 10.7. The van der Waals surface area contributed by atoms with Crippen molar-refractivity contribution in [1.29, 1.82) is 0 Å². The molecule has 6 heteroatoms. The Balaban J connectivity index is 4.22. The topological polar surface area (TPSA) is 77.3 Å². The molecule has 104 valence electrons. The molecule has 0 N–H and O–H groups in total. The highest BCUT2D eigenvalue weighted by Gasteiger charge is 2.29. The average molecular weight is 258 g/mol. The normalized spacial score (nSPS) is 12.6. The minimum absolute atomic E-state index is 0.514. The molecule has 0 heterocycles. The van der Waals surface area contributed by atoms with E-state index in [1.807, 2.05) is 13.8 Å². The third kappa shape index (κ3) is 4.81. The number of hydrogen-bond acceptors (Lipinski definition) is 6. The van der Waals surface area contributed by atoms with Crippen LogP contribution in [-0.2, 0) is 19.3 Å². The molecule has 0 atom stereocenters. The van der Waals surface area contributed by atoms with E-state index in [9.17, 15) is 9.59 Å². The van der Waals surface area contributed by atoms with Crippen LogP contribution in [0, 0.1) is 10.8 Å². The molecule has 0 radical (unpaired) electrons. The highest BCUT2D eigenvalue weighted by Crippen LogP contribution is 2.22. The van der Waals surface area contributed by atoms with Gasteiger partial charge in [0.1, 0.15) is 0 Å². The van der Waals surface area contributed by atoms with Crippen molar-refractivity contribution in [2.75, 3.05) is 0 Å². The first-order valence-electron chi connectivity index (χ1n) is 6.00. The monoisotopic (exact) mass is 258 g/mol. The van der Waals surface area contributed by atoms with Crippen molar-refractivity contribution >= 4 is 11.9 Å². The Kier molecular flexibility index (Phi) is 5.94. The molecular weight excluding hydrogens is 236 g/mol. The van der Waals surface area contributed by atoms with E-state index in [1.165, 1.54) is 0 Å². The van der Waals surface area contributed by atoms with Crippen molar-refractivity contribution in [3.63, 3.8) is 0 Å². The van der Waals surface area contributed by atoms with Crippen LogP contribution in [0.1, 0.15) is 54.4 Å². The van der Waals surface area contributed by atoms with Crippen molar-refractivity contribution in [3.05, 3.63) is 0 Å². The molecule has 0 saturated carbocycles. The second-order valence-corrected chi connectivity index (χ2v) is 5.40. The standard InChI is InChI=1S/C12H22N2O4/c1-7-11(3,4)9(15)17-13-14-18-10(16)12(5,6)8-2/h7-8H2,1-6H3. The molecule has 0 fully saturated rings. The van der Waals surface area contributed by atoms with Crippen LogP contribution >= 0.6 is 0 Å². The van der Waals surface area contributed by atoms with Crippen molar-refractivity contribution in [3.8, 4) is 0 Å². The number of carbonyl (C=O) groups excluding carboxylic acids is 2. The molecule has 0 aromatic heterocycles. The van der Waals surface area contributed by atoms with E-state index < -0.39 is 22.8 Å². The van der Waals surface area contributed by atoms with Crippen LogP contribution in [0.2, 0.25) is 0 Å². The molecule has 0 saturated heterocycles. The summed E-state index contributed by atoms with van der Waals surface area (Å²) in [5.74, 6) is -1.03. The molecule has 0 aliphatic heterocycles. The van der Waals surface area contributed by atoms with E-state index in [-0.39, 0.29) is 0 Å². The summed E-state index contributed by atoms with van der Waals surface area (Å²) in [5.41, 5.74) is -1.27. The van der Waals surface area contributed by atoms with Crippen LogP contribution in [0.3, 0.4) is 0 Å². The molecule has 0 rings (SSSR count). The van der Waals surface area contributed by atoms with Crippen LogP contribution in [0.15, 0.2) is 10.6 Å². The minimum atomic E-state index is -0.633. The zero-order chi connectivity index (χ0) is 14.4. The van der Waals surface area contributed by atoms with Crippen molar-refractivity contribution in [1.82, 2.24) is 0 Å². The molecule has 6 nitrogen and oxygen atoms in total. The van der Waals surface area contributed by atoms with E-state index in [0.29, 0.717) is 12.8 Å². The molecule has 0 aromatic carbocycles. The van der Waals surface area contributed by atoms with Crippen LogP contribution in [0.5, 0.6) is 0 Å². The Hall–Kier alpha value is -1.46. The summed E-state index contributed by atoms with van der Waals surface area (Å²) >= 11 is 0. The number of nitrogens with zero attached hydrogens (tertiary/aromatic N) is 2. The summed E-state index contributed by atoms with van der Waals surface area (Å²) in [5, 5.41) is 6.21. The highest BCUT2D eigenvalue weighted by molar-refractivity contribution is 5.76. The van der Waals surface area contributed by atoms with Crippen molar-refractivity contribution < 1.29 is 19.3 Å². The molecule has 0 amide bonds. The molecule has 0 spiro atoms. The smallest absolute Gasteiger partial charge is 0.297 e. The maximum atomic E-state index is 11.5. The van der Waals surface area contributed by atoms with E-state index in [0.717, 1.165) is 0 Å². The van der Waals surface area contributed by atoms with Gasteiger partial charge >= 0.3 is 11.9 Å². The Labute approximate surface area is 108 Å². The quantitative estimate of drug-likeness (QED) is 0.541. The molecule has 0 aliphatic carbocycles. The van der Waals surface area contributed by atoms with Gasteiger partial charge in [0.15, 0.2) is 0 Å². The van der Waals surface area contributed by atoms with Crippen LogP contribution in [-0.4, -0.2) is 11.9 Å². The van der Waals surface area contributed by atoms with Gasteiger partial charge in [-0.3, -0.25) is 9.68 Å². The fourth-order valence-corrected chi connectivity index (χ4v) is 0.643. The first-order chi connectivity index (χ1) is 8.17. The van der Waals surface area contributed by atoms with E-state index in [2.05, 4.69) is 20.2 Å². The number of hydrogen-bond donors (Lipinski definition) is 0. The molecular formula is C12H22N2O4. The van der Waals surface area contributed by atoms with Crippen LogP contribution in [0.25, 0.3) is 0 Å². The van der Waals surface area contributed by atoms with Gasteiger partial charge in [-0.1, -0.05) is 13.8 Å². The zero-order valence-corrected chi connectivity index (χ0v) is 11.9. The van der Waals surface area contributed by atoms with Crippen molar-refractivity contribution in [2.45, 2.75) is 54.4 Å². The SMILES string of the molecule is CCC(C)(C)C(=O)ON=NOC(=O)C(C)(C)CC. The second kappa shape index (κ2) is 6.47. The number of rotatable bonds is 6. The predicted molar refractivity (Wildman–Crippen MR) is 65.2 cm³/mol. The highest BCUT2D eigenvalue weighted by atomic mass is 16.8. The molecule has 0 aliphatic rings. The fraction of sp³-hybridized carbons (Fsp3) is 0.833. The molecule has 0 unspecified atom stereocenters. The summed E-state index contributed by atoms with van der Waals surface area (Å²) in [4.78, 5) is 32.0. The van der Waals surface area contributed by atoms with Gasteiger partial charge in [-0.15, -0.1) is 0 Å². The maximum absolute atomic E-state index is 11.5. The summed E-state index contributed by atoms with van der Waals surface area (Å²) in [6.07, 6.45) is 1.23. The van der Waals surface area contributed by atoms with Gasteiger partial charge in [0.25, 0.3) is 0 Å². The Morgan fingerprint density at radius 1 is 0.833 bits per heavy atom. The van der Waals surface area contributed by atoms with Gasteiger partial charge in [0.2, 0.25) is 0 Å². The van der Waals surface area contributed by atoms with Crippen LogP contribution in [0.4, 0.5) is 0 Å². The second-order valence-electron chi connectivity index (χ2n) is 5.40. The van der Waals surface area contributed by atoms with Gasteiger partial charge in [-0.05, 0) is 40.5 Å². The fourth-order valence-electron chi connectivity index (χ4n) is 0.643. The lowest BCUT2D eigenvalue weighted by molar-refractivity contribution is -0.163. The molecule has 18 heavy (non-hydrogen) atoms. The lowest BCUT2D eigenvalue weighted by Crippen LogP contribution is -2.25. The van der Waals surface area contributed by atoms with Gasteiger partial charge < -0.3 is 0 Å². The summed E-state index contributed by atoms with van der Waals surface area (Å²) < 4.78 is 0. The van der Waals surface area contributed by atoms with Gasteiger partial charge in [-0.2, -0.15) is 0 Å². The molecule has 0 aromatic rings. The van der Waals surface area contributed by atoms with Gasteiger partial charge in [0, 0.05) is 0 Å². The largest absolute Gasteiger partial charge is 0.342 e. The first-order valence-corrected chi connectivity index (χ1v) is 6.00. The maximum Gasteiger partial charge on any atom is 0.342 e. The number of carbonyl (C=O) groups is 2. The minimum Gasteiger partial charge on any atom is -0.297 e. The zero-order valence-electron chi connectivity index (χ0n) is 11.9. The Morgan fingerprint density at radius 3 is 1.33 bits per heavy atom. The summed E-state index contributed by atoms with van der Waals surface area (Å²) in [6, 6.07) is 0. The van der Waals surface area contributed by atoms with Crippen molar-refractivity contribution in [2.24, 2.45) is 21.4 Å². The first kappa shape index (κ1) is 16.5. The lowest BCUT2D eigenvalue weighted by atomic mass is 9.91. The van der Waals surface area contributed by atoms with E-state index in [4.69, 9.17) is 0 Å². The van der Waals surface area contributed by atoms with Gasteiger partial charge in [0.05, 0.1) is 21.4 Å².